The van der Waals surface area contributed by atoms with Gasteiger partial charge < -0.3 is 10.2 Å². The summed E-state index contributed by atoms with van der Waals surface area (Å²) in [5, 5.41) is 3.44. The zero-order valence-electron chi connectivity index (χ0n) is 5.93. The summed E-state index contributed by atoms with van der Waals surface area (Å²) in [4.78, 5) is 2.44. The van der Waals surface area contributed by atoms with Crippen molar-refractivity contribution >= 4 is 0 Å². The standard InChI is InChI=1S/C7H14N2/c1-9-5-3-7(9)6-2-4-8-6/h6-8H,2-5H2,1H3/t6?,7-/m1/s1. The van der Waals surface area contributed by atoms with Crippen LogP contribution in [0.15, 0.2) is 0 Å². The van der Waals surface area contributed by atoms with Crippen molar-refractivity contribution in [3.63, 3.8) is 0 Å². The molecule has 0 bridgehead atoms. The fourth-order valence-corrected chi connectivity index (χ4v) is 1.68. The fraction of sp³-hybridized carbons (Fsp3) is 1.00. The molecule has 2 heteroatoms. The molecule has 2 atom stereocenters. The monoisotopic (exact) mass is 126 g/mol. The molecule has 0 aliphatic carbocycles. The summed E-state index contributed by atoms with van der Waals surface area (Å²) < 4.78 is 0. The lowest BCUT2D eigenvalue weighted by Crippen LogP contribution is -2.61. The van der Waals surface area contributed by atoms with E-state index in [0.717, 1.165) is 12.1 Å². The summed E-state index contributed by atoms with van der Waals surface area (Å²) >= 11 is 0. The number of hydrogen-bond acceptors (Lipinski definition) is 2. The van der Waals surface area contributed by atoms with Crippen LogP contribution in [0.4, 0.5) is 0 Å². The molecule has 2 fully saturated rings. The zero-order chi connectivity index (χ0) is 6.27. The highest BCUT2D eigenvalue weighted by Gasteiger charge is 2.34. The molecule has 1 N–H and O–H groups in total. The van der Waals surface area contributed by atoms with Gasteiger partial charge in [-0.05, 0) is 33.0 Å². The maximum Gasteiger partial charge on any atom is 0.0258 e. The van der Waals surface area contributed by atoms with Crippen LogP contribution in [0.1, 0.15) is 12.8 Å². The Balaban J connectivity index is 1.83. The molecule has 2 aliphatic heterocycles. The lowest BCUT2D eigenvalue weighted by molar-refractivity contribution is 0.0651. The normalized spacial score (nSPS) is 43.7. The lowest BCUT2D eigenvalue weighted by atomic mass is 9.89. The van der Waals surface area contributed by atoms with Gasteiger partial charge in [-0.25, -0.2) is 0 Å². The average Bonchev–Trinajstić information content (AvgIpc) is 1.74. The highest BCUT2D eigenvalue weighted by atomic mass is 15.2. The molecule has 2 aliphatic rings. The van der Waals surface area contributed by atoms with Crippen LogP contribution in [-0.2, 0) is 0 Å². The summed E-state index contributed by atoms with van der Waals surface area (Å²) in [5.74, 6) is 0. The Morgan fingerprint density at radius 3 is 2.33 bits per heavy atom. The quantitative estimate of drug-likeness (QED) is 0.534. The summed E-state index contributed by atoms with van der Waals surface area (Å²) in [5.41, 5.74) is 0. The molecule has 9 heavy (non-hydrogen) atoms. The number of rotatable bonds is 1. The van der Waals surface area contributed by atoms with Gasteiger partial charge in [0.05, 0.1) is 0 Å². The Bertz CT molecular complexity index is 109. The van der Waals surface area contributed by atoms with E-state index < -0.39 is 0 Å². The van der Waals surface area contributed by atoms with Gasteiger partial charge in [0.25, 0.3) is 0 Å². The number of nitrogens with one attached hydrogen (secondary N) is 1. The highest BCUT2D eigenvalue weighted by molar-refractivity contribution is 4.95. The van der Waals surface area contributed by atoms with Gasteiger partial charge in [-0.3, -0.25) is 0 Å². The second-order valence-electron chi connectivity index (χ2n) is 3.19. The van der Waals surface area contributed by atoms with Crippen LogP contribution in [0.2, 0.25) is 0 Å². The Hall–Kier alpha value is -0.0800. The van der Waals surface area contributed by atoms with E-state index in [0.29, 0.717) is 0 Å². The average molecular weight is 126 g/mol. The molecule has 0 spiro atoms. The number of likely N-dealkylation sites (N-methyl/N-ethyl adjacent to an activating group) is 1. The van der Waals surface area contributed by atoms with Crippen molar-refractivity contribution in [3.05, 3.63) is 0 Å². The molecule has 0 radical (unpaired) electrons. The molecule has 2 rings (SSSR count). The molecule has 0 aromatic rings. The van der Waals surface area contributed by atoms with Crippen molar-refractivity contribution in [2.24, 2.45) is 0 Å². The molecule has 2 saturated heterocycles. The van der Waals surface area contributed by atoms with Gasteiger partial charge in [0.1, 0.15) is 0 Å². The van der Waals surface area contributed by atoms with E-state index in [2.05, 4.69) is 17.3 Å². The highest BCUT2D eigenvalue weighted by Crippen LogP contribution is 2.22. The van der Waals surface area contributed by atoms with Crippen LogP contribution in [0, 0.1) is 0 Å². The van der Waals surface area contributed by atoms with Gasteiger partial charge >= 0.3 is 0 Å². The van der Waals surface area contributed by atoms with Gasteiger partial charge in [0.2, 0.25) is 0 Å². The fourth-order valence-electron chi connectivity index (χ4n) is 1.68. The van der Waals surface area contributed by atoms with Gasteiger partial charge in [0.15, 0.2) is 0 Å². The third-order valence-corrected chi connectivity index (χ3v) is 2.67. The molecule has 0 saturated carbocycles. The summed E-state index contributed by atoms with van der Waals surface area (Å²) in [6.07, 6.45) is 2.81. The molecule has 0 amide bonds. The SMILES string of the molecule is CN1CC[C@@H]1C1CCN1. The maximum atomic E-state index is 3.44. The van der Waals surface area contributed by atoms with Crippen LogP contribution in [0.3, 0.4) is 0 Å². The van der Waals surface area contributed by atoms with Gasteiger partial charge in [0, 0.05) is 12.1 Å². The Kier molecular flexibility index (Phi) is 1.24. The van der Waals surface area contributed by atoms with E-state index >= 15 is 0 Å². The van der Waals surface area contributed by atoms with Gasteiger partial charge in [-0.1, -0.05) is 0 Å². The second-order valence-corrected chi connectivity index (χ2v) is 3.19. The van der Waals surface area contributed by atoms with E-state index in [-0.39, 0.29) is 0 Å². The van der Waals surface area contributed by atoms with Crippen LogP contribution in [0.25, 0.3) is 0 Å². The third-order valence-electron chi connectivity index (χ3n) is 2.67. The number of hydrogen-bond donors (Lipinski definition) is 1. The van der Waals surface area contributed by atoms with Crippen molar-refractivity contribution in [2.75, 3.05) is 20.1 Å². The Morgan fingerprint density at radius 2 is 2.22 bits per heavy atom. The van der Waals surface area contributed by atoms with E-state index in [9.17, 15) is 0 Å². The molecule has 0 aromatic carbocycles. The lowest BCUT2D eigenvalue weighted by Gasteiger charge is -2.47. The van der Waals surface area contributed by atoms with Gasteiger partial charge in [-0.15, -0.1) is 0 Å². The molecule has 52 valence electrons. The van der Waals surface area contributed by atoms with E-state index in [4.69, 9.17) is 0 Å². The smallest absolute Gasteiger partial charge is 0.0258 e. The number of nitrogens with zero attached hydrogens (tertiary/aromatic N) is 1. The summed E-state index contributed by atoms with van der Waals surface area (Å²) in [6.45, 7) is 2.55. The van der Waals surface area contributed by atoms with Gasteiger partial charge in [-0.2, -0.15) is 0 Å². The molecule has 1 unspecified atom stereocenters. The first-order chi connectivity index (χ1) is 4.38. The van der Waals surface area contributed by atoms with Crippen LogP contribution in [-0.4, -0.2) is 37.1 Å². The first-order valence-electron chi connectivity index (χ1n) is 3.81. The minimum absolute atomic E-state index is 0.837. The van der Waals surface area contributed by atoms with Crippen molar-refractivity contribution in [3.8, 4) is 0 Å². The molecule has 2 heterocycles. The maximum absolute atomic E-state index is 3.44. The van der Waals surface area contributed by atoms with Crippen LogP contribution >= 0.6 is 0 Å². The largest absolute Gasteiger partial charge is 0.312 e. The second kappa shape index (κ2) is 1.96. The minimum atomic E-state index is 0.837. The number of likely N-dealkylation sites (tertiary alicyclic amines) is 1. The van der Waals surface area contributed by atoms with Crippen LogP contribution < -0.4 is 5.32 Å². The third kappa shape index (κ3) is 0.775. The van der Waals surface area contributed by atoms with Crippen molar-refractivity contribution in [1.82, 2.24) is 10.2 Å². The molecular weight excluding hydrogens is 112 g/mol. The Labute approximate surface area is 56.2 Å². The molecular formula is C7H14N2. The summed E-state index contributed by atoms with van der Waals surface area (Å²) in [6, 6.07) is 1.71. The van der Waals surface area contributed by atoms with E-state index in [1.165, 1.54) is 25.9 Å². The van der Waals surface area contributed by atoms with Crippen molar-refractivity contribution in [1.29, 1.82) is 0 Å². The topological polar surface area (TPSA) is 15.3 Å². The predicted molar refractivity (Wildman–Crippen MR) is 37.4 cm³/mol. The molecule has 0 aromatic heterocycles. The minimum Gasteiger partial charge on any atom is -0.312 e. The first-order valence-corrected chi connectivity index (χ1v) is 3.81. The van der Waals surface area contributed by atoms with E-state index in [1.807, 2.05) is 0 Å². The Morgan fingerprint density at radius 1 is 1.44 bits per heavy atom. The van der Waals surface area contributed by atoms with Crippen molar-refractivity contribution < 1.29 is 0 Å². The van der Waals surface area contributed by atoms with E-state index in [1.54, 1.807) is 0 Å². The van der Waals surface area contributed by atoms with Crippen LogP contribution in [0.5, 0.6) is 0 Å². The summed E-state index contributed by atoms with van der Waals surface area (Å²) in [7, 11) is 2.22. The molecule has 2 nitrogen and oxygen atoms in total. The predicted octanol–water partition coefficient (Wildman–Crippen LogP) is 0.0524. The van der Waals surface area contributed by atoms with Crippen molar-refractivity contribution in [2.45, 2.75) is 24.9 Å². The zero-order valence-corrected chi connectivity index (χ0v) is 5.93. The first kappa shape index (κ1) is 5.69.